The summed E-state index contributed by atoms with van der Waals surface area (Å²) in [7, 11) is 0. The number of likely N-dealkylation sites (tertiary alicyclic amines) is 1. The van der Waals surface area contributed by atoms with E-state index in [0.29, 0.717) is 24.6 Å². The Labute approximate surface area is 170 Å². The molecule has 1 fully saturated rings. The molecule has 144 valence electrons. The number of hydrogen-bond acceptors (Lipinski definition) is 5. The van der Waals surface area contributed by atoms with Gasteiger partial charge >= 0.3 is 6.03 Å². The van der Waals surface area contributed by atoms with Crippen LogP contribution < -0.4 is 10.6 Å². The quantitative estimate of drug-likeness (QED) is 0.652. The third kappa shape index (κ3) is 5.04. The van der Waals surface area contributed by atoms with Crippen LogP contribution >= 0.6 is 27.3 Å². The lowest BCUT2D eigenvalue weighted by Crippen LogP contribution is -2.47. The number of unbranched alkanes of at least 4 members (excludes halogenated alkanes) is 1. The predicted molar refractivity (Wildman–Crippen MR) is 110 cm³/mol. The topological polar surface area (TPSA) is 87.2 Å². The molecular weight excluding hydrogens is 430 g/mol. The van der Waals surface area contributed by atoms with Crippen LogP contribution in [0.1, 0.15) is 32.6 Å². The molecule has 3 rings (SSSR count). The molecule has 7 nitrogen and oxygen atoms in total. The number of aromatic nitrogens is 2. The molecule has 3 amide bonds. The van der Waals surface area contributed by atoms with Gasteiger partial charge in [0.1, 0.15) is 11.0 Å². The minimum atomic E-state index is -0.468. The fraction of sp³-hybridized carbons (Fsp3) is 0.444. The van der Waals surface area contributed by atoms with Crippen LogP contribution in [0.3, 0.4) is 0 Å². The number of nitrogens with one attached hydrogen (secondary N) is 2. The van der Waals surface area contributed by atoms with Crippen molar-refractivity contribution in [3.63, 3.8) is 0 Å². The summed E-state index contributed by atoms with van der Waals surface area (Å²) < 4.78 is 0.955. The Morgan fingerprint density at radius 3 is 3.00 bits per heavy atom. The first-order valence-corrected chi connectivity index (χ1v) is 10.6. The molecule has 0 aliphatic carbocycles. The molecular formula is C18H22BrN5O2S. The lowest BCUT2D eigenvalue weighted by Gasteiger charge is -2.23. The van der Waals surface area contributed by atoms with Gasteiger partial charge in [0.05, 0.1) is 0 Å². The highest BCUT2D eigenvalue weighted by Crippen LogP contribution is 2.29. The highest BCUT2D eigenvalue weighted by Gasteiger charge is 2.34. The summed E-state index contributed by atoms with van der Waals surface area (Å²) in [5.41, 5.74) is 0.931. The Bertz CT molecular complexity index is 813. The Morgan fingerprint density at radius 1 is 1.37 bits per heavy atom. The van der Waals surface area contributed by atoms with E-state index in [1.165, 1.54) is 11.3 Å². The van der Waals surface area contributed by atoms with Gasteiger partial charge in [-0.2, -0.15) is 0 Å². The zero-order valence-corrected chi connectivity index (χ0v) is 17.5. The van der Waals surface area contributed by atoms with Crippen molar-refractivity contribution >= 4 is 44.3 Å². The number of benzene rings is 1. The van der Waals surface area contributed by atoms with Crippen LogP contribution in [0.15, 0.2) is 28.7 Å². The van der Waals surface area contributed by atoms with Crippen LogP contribution in [0, 0.1) is 0 Å². The van der Waals surface area contributed by atoms with E-state index in [0.717, 1.165) is 34.3 Å². The van der Waals surface area contributed by atoms with Crippen molar-refractivity contribution < 1.29 is 9.59 Å². The predicted octanol–water partition coefficient (Wildman–Crippen LogP) is 3.88. The van der Waals surface area contributed by atoms with Gasteiger partial charge in [0.2, 0.25) is 11.0 Å². The smallest absolute Gasteiger partial charge is 0.318 e. The largest absolute Gasteiger partial charge is 0.338 e. The standard InChI is InChI=1S/C18H22BrN5O2S/c1-2-3-9-20-18(26)24-10-5-8-14(24)15(25)21-17-23-22-16(27-17)12-6-4-7-13(19)11-12/h4,6-7,11,14H,2-3,5,8-10H2,1H3,(H,20,26)(H,21,23,25). The summed E-state index contributed by atoms with van der Waals surface area (Å²) in [5.74, 6) is -0.213. The number of nitrogens with zero attached hydrogens (tertiary/aromatic N) is 3. The SMILES string of the molecule is CCCCNC(=O)N1CCCC1C(=O)Nc1nnc(-c2cccc(Br)c2)s1. The van der Waals surface area contributed by atoms with Gasteiger partial charge in [0.15, 0.2) is 0 Å². The molecule has 1 aliphatic rings. The normalized spacial score (nSPS) is 16.4. The summed E-state index contributed by atoms with van der Waals surface area (Å²) in [6.45, 7) is 3.30. The minimum absolute atomic E-state index is 0.173. The number of hydrogen-bond donors (Lipinski definition) is 2. The first-order chi connectivity index (χ1) is 13.1. The molecule has 1 unspecified atom stereocenters. The number of amides is 3. The van der Waals surface area contributed by atoms with E-state index < -0.39 is 6.04 Å². The third-order valence-electron chi connectivity index (χ3n) is 4.35. The van der Waals surface area contributed by atoms with Crippen molar-refractivity contribution in [2.24, 2.45) is 0 Å². The van der Waals surface area contributed by atoms with E-state index >= 15 is 0 Å². The first-order valence-electron chi connectivity index (χ1n) is 9.03. The van der Waals surface area contributed by atoms with Crippen molar-refractivity contribution in [1.82, 2.24) is 20.4 Å². The minimum Gasteiger partial charge on any atom is -0.338 e. The van der Waals surface area contributed by atoms with Crippen molar-refractivity contribution in [1.29, 1.82) is 0 Å². The van der Waals surface area contributed by atoms with Gasteiger partial charge in [-0.25, -0.2) is 4.79 Å². The second kappa shape index (κ2) is 9.27. The second-order valence-corrected chi connectivity index (χ2v) is 8.24. The number of rotatable bonds is 6. The second-order valence-electron chi connectivity index (χ2n) is 6.35. The fourth-order valence-corrected chi connectivity index (χ4v) is 4.10. The lowest BCUT2D eigenvalue weighted by atomic mass is 10.2. The maximum Gasteiger partial charge on any atom is 0.318 e. The summed E-state index contributed by atoms with van der Waals surface area (Å²) in [5, 5.41) is 15.1. The number of anilines is 1. The number of carbonyl (C=O) groups excluding carboxylic acids is 2. The van der Waals surface area contributed by atoms with Crippen LogP contribution in [0.25, 0.3) is 10.6 Å². The van der Waals surface area contributed by atoms with Gasteiger partial charge in [-0.05, 0) is 31.4 Å². The summed E-state index contributed by atoms with van der Waals surface area (Å²) in [4.78, 5) is 26.6. The monoisotopic (exact) mass is 451 g/mol. The lowest BCUT2D eigenvalue weighted by molar-refractivity contribution is -0.119. The molecule has 0 radical (unpaired) electrons. The van der Waals surface area contributed by atoms with E-state index in [9.17, 15) is 9.59 Å². The van der Waals surface area contributed by atoms with Gasteiger partial charge in [-0.1, -0.05) is 52.7 Å². The molecule has 27 heavy (non-hydrogen) atoms. The van der Waals surface area contributed by atoms with Crippen LogP contribution in [0.2, 0.25) is 0 Å². The summed E-state index contributed by atoms with van der Waals surface area (Å²) in [6.07, 6.45) is 3.42. The molecule has 1 aliphatic heterocycles. The molecule has 0 bridgehead atoms. The third-order valence-corrected chi connectivity index (χ3v) is 5.73. The van der Waals surface area contributed by atoms with Crippen LogP contribution in [0.5, 0.6) is 0 Å². The van der Waals surface area contributed by atoms with Gasteiger partial charge < -0.3 is 10.2 Å². The van der Waals surface area contributed by atoms with E-state index in [1.807, 2.05) is 24.3 Å². The highest BCUT2D eigenvalue weighted by molar-refractivity contribution is 9.10. The maximum absolute atomic E-state index is 12.7. The number of carbonyl (C=O) groups is 2. The molecule has 2 N–H and O–H groups in total. The molecule has 1 saturated heterocycles. The molecule has 2 aromatic rings. The van der Waals surface area contributed by atoms with Gasteiger partial charge in [-0.15, -0.1) is 10.2 Å². The molecule has 0 spiro atoms. The van der Waals surface area contributed by atoms with Gasteiger partial charge in [0.25, 0.3) is 0 Å². The van der Waals surface area contributed by atoms with E-state index in [-0.39, 0.29) is 11.9 Å². The van der Waals surface area contributed by atoms with E-state index in [1.54, 1.807) is 4.90 Å². The van der Waals surface area contributed by atoms with Gasteiger partial charge in [0, 0.05) is 23.1 Å². The molecule has 2 heterocycles. The van der Waals surface area contributed by atoms with Crippen molar-refractivity contribution in [2.75, 3.05) is 18.4 Å². The number of urea groups is 1. The maximum atomic E-state index is 12.7. The van der Waals surface area contributed by atoms with Crippen LogP contribution in [0.4, 0.5) is 9.93 Å². The summed E-state index contributed by atoms with van der Waals surface area (Å²) in [6, 6.07) is 7.11. The Balaban J connectivity index is 1.62. The summed E-state index contributed by atoms with van der Waals surface area (Å²) >= 11 is 4.75. The molecule has 1 aromatic heterocycles. The average Bonchev–Trinajstić information content (AvgIpc) is 3.31. The van der Waals surface area contributed by atoms with Crippen molar-refractivity contribution in [3.8, 4) is 10.6 Å². The zero-order valence-electron chi connectivity index (χ0n) is 15.1. The molecule has 1 aromatic carbocycles. The Morgan fingerprint density at radius 2 is 2.22 bits per heavy atom. The molecule has 9 heteroatoms. The zero-order chi connectivity index (χ0) is 19.2. The number of halogens is 1. The van der Waals surface area contributed by atoms with E-state index in [4.69, 9.17) is 0 Å². The Hall–Kier alpha value is -2.00. The van der Waals surface area contributed by atoms with Crippen LogP contribution in [-0.4, -0.2) is 46.2 Å². The van der Waals surface area contributed by atoms with E-state index in [2.05, 4.69) is 43.7 Å². The Kier molecular flexibility index (Phi) is 6.78. The fourth-order valence-electron chi connectivity index (χ4n) is 2.96. The van der Waals surface area contributed by atoms with Crippen molar-refractivity contribution in [3.05, 3.63) is 28.7 Å². The van der Waals surface area contributed by atoms with Gasteiger partial charge in [-0.3, -0.25) is 10.1 Å². The van der Waals surface area contributed by atoms with Crippen molar-refractivity contribution in [2.45, 2.75) is 38.6 Å². The molecule has 1 atom stereocenters. The average molecular weight is 452 g/mol. The first kappa shape index (κ1) is 19.8. The van der Waals surface area contributed by atoms with Crippen LogP contribution in [-0.2, 0) is 4.79 Å². The highest BCUT2D eigenvalue weighted by atomic mass is 79.9. The molecule has 0 saturated carbocycles.